The molecule has 2 aliphatic rings. The highest BCUT2D eigenvalue weighted by molar-refractivity contribution is 5.03. The molecule has 3 N–H and O–H groups in total. The van der Waals surface area contributed by atoms with E-state index in [2.05, 4.69) is 26.1 Å². The minimum atomic E-state index is 0.238. The Balaban J connectivity index is 1.69. The molecule has 0 amide bonds. The average molecular weight is 256 g/mol. The van der Waals surface area contributed by atoms with Crippen molar-refractivity contribution in [3.8, 4) is 0 Å². The van der Waals surface area contributed by atoms with Gasteiger partial charge in [-0.15, -0.1) is 0 Å². The van der Waals surface area contributed by atoms with Crippen LogP contribution in [0.25, 0.3) is 0 Å². The lowest BCUT2D eigenvalue weighted by molar-refractivity contribution is -0.116. The van der Waals surface area contributed by atoms with Crippen molar-refractivity contribution in [3.63, 3.8) is 0 Å². The molecule has 4 heteroatoms. The van der Waals surface area contributed by atoms with Crippen LogP contribution in [0.3, 0.4) is 0 Å². The largest absolute Gasteiger partial charge is 0.378 e. The molecule has 4 atom stereocenters. The van der Waals surface area contributed by atoms with Crippen LogP contribution in [0.1, 0.15) is 40.0 Å². The maximum absolute atomic E-state index is 5.85. The summed E-state index contributed by atoms with van der Waals surface area (Å²) in [7, 11) is 0. The van der Waals surface area contributed by atoms with Crippen LogP contribution in [0.5, 0.6) is 0 Å². The smallest absolute Gasteiger partial charge is 0.0704 e. The van der Waals surface area contributed by atoms with Gasteiger partial charge in [-0.2, -0.15) is 0 Å². The standard InChI is InChI=1S/C14H28N2O2/c1-4-17-13-7-12(14(13,2)3)16-9-11-6-5-10(8-15)18-11/h10-13,16H,4-9,15H2,1-3H3. The summed E-state index contributed by atoms with van der Waals surface area (Å²) in [5.41, 5.74) is 5.86. The molecule has 0 spiro atoms. The van der Waals surface area contributed by atoms with Gasteiger partial charge in [-0.25, -0.2) is 0 Å². The van der Waals surface area contributed by atoms with Crippen molar-refractivity contribution in [1.82, 2.24) is 5.32 Å². The van der Waals surface area contributed by atoms with Crippen LogP contribution < -0.4 is 11.1 Å². The summed E-state index contributed by atoms with van der Waals surface area (Å²) in [6.45, 7) is 9.04. The Hall–Kier alpha value is -0.160. The second-order valence-corrected chi connectivity index (χ2v) is 6.16. The summed E-state index contributed by atoms with van der Waals surface area (Å²) in [6.07, 6.45) is 4.40. The molecular weight excluding hydrogens is 228 g/mol. The van der Waals surface area contributed by atoms with Gasteiger partial charge >= 0.3 is 0 Å². The molecular formula is C14H28N2O2. The third-order valence-corrected chi connectivity index (χ3v) is 4.60. The Kier molecular flexibility index (Phi) is 4.64. The molecule has 106 valence electrons. The van der Waals surface area contributed by atoms with E-state index in [0.717, 1.165) is 32.4 Å². The Morgan fingerprint density at radius 1 is 1.33 bits per heavy atom. The molecule has 2 rings (SSSR count). The zero-order valence-electron chi connectivity index (χ0n) is 11.9. The van der Waals surface area contributed by atoms with E-state index in [1.54, 1.807) is 0 Å². The van der Waals surface area contributed by atoms with Crippen LogP contribution in [-0.2, 0) is 9.47 Å². The quantitative estimate of drug-likeness (QED) is 0.752. The summed E-state index contributed by atoms with van der Waals surface area (Å²) in [4.78, 5) is 0. The Morgan fingerprint density at radius 2 is 2.06 bits per heavy atom. The van der Waals surface area contributed by atoms with Crippen molar-refractivity contribution >= 4 is 0 Å². The summed E-state index contributed by atoms with van der Waals surface area (Å²) >= 11 is 0. The first-order chi connectivity index (χ1) is 8.57. The molecule has 0 radical (unpaired) electrons. The predicted octanol–water partition coefficient (Wildman–Crippen LogP) is 1.29. The Labute approximate surface area is 111 Å². The summed E-state index contributed by atoms with van der Waals surface area (Å²) in [5.74, 6) is 0. The zero-order chi connectivity index (χ0) is 13.2. The first-order valence-corrected chi connectivity index (χ1v) is 7.28. The lowest BCUT2D eigenvalue weighted by Gasteiger charge is -2.52. The van der Waals surface area contributed by atoms with E-state index in [1.807, 2.05) is 0 Å². The molecule has 1 aliphatic heterocycles. The van der Waals surface area contributed by atoms with Crippen LogP contribution in [0.2, 0.25) is 0 Å². The Morgan fingerprint density at radius 3 is 2.61 bits per heavy atom. The lowest BCUT2D eigenvalue weighted by atomic mass is 9.64. The highest BCUT2D eigenvalue weighted by atomic mass is 16.5. The van der Waals surface area contributed by atoms with Gasteiger partial charge in [0, 0.05) is 31.2 Å². The van der Waals surface area contributed by atoms with Crippen LogP contribution in [-0.4, -0.2) is 44.1 Å². The topological polar surface area (TPSA) is 56.5 Å². The van der Waals surface area contributed by atoms with Crippen molar-refractivity contribution in [2.75, 3.05) is 19.7 Å². The van der Waals surface area contributed by atoms with E-state index in [4.69, 9.17) is 15.2 Å². The molecule has 1 aliphatic carbocycles. The van der Waals surface area contributed by atoms with Gasteiger partial charge in [-0.3, -0.25) is 0 Å². The predicted molar refractivity (Wildman–Crippen MR) is 72.6 cm³/mol. The second-order valence-electron chi connectivity index (χ2n) is 6.16. The highest BCUT2D eigenvalue weighted by Crippen LogP contribution is 2.42. The van der Waals surface area contributed by atoms with Crippen LogP contribution in [0.15, 0.2) is 0 Å². The maximum atomic E-state index is 5.85. The number of ether oxygens (including phenoxy) is 2. The zero-order valence-corrected chi connectivity index (χ0v) is 11.9. The first kappa shape index (κ1) is 14.3. The number of hydrogen-bond acceptors (Lipinski definition) is 4. The average Bonchev–Trinajstić information content (AvgIpc) is 2.80. The monoisotopic (exact) mass is 256 g/mol. The minimum absolute atomic E-state index is 0.238. The van der Waals surface area contributed by atoms with E-state index >= 15 is 0 Å². The fourth-order valence-corrected chi connectivity index (χ4v) is 3.09. The van der Waals surface area contributed by atoms with Gasteiger partial charge in [0.05, 0.1) is 18.3 Å². The molecule has 2 fully saturated rings. The van der Waals surface area contributed by atoms with Gasteiger partial charge in [0.2, 0.25) is 0 Å². The molecule has 0 aromatic heterocycles. The Bertz CT molecular complexity index is 271. The van der Waals surface area contributed by atoms with Crippen LogP contribution in [0.4, 0.5) is 0 Å². The molecule has 1 saturated heterocycles. The normalized spacial score (nSPS) is 38.7. The van der Waals surface area contributed by atoms with Gasteiger partial charge in [0.15, 0.2) is 0 Å². The van der Waals surface area contributed by atoms with Crippen molar-refractivity contribution < 1.29 is 9.47 Å². The van der Waals surface area contributed by atoms with E-state index in [-0.39, 0.29) is 11.5 Å². The molecule has 1 saturated carbocycles. The SMILES string of the molecule is CCOC1CC(NCC2CCC(CN)O2)C1(C)C. The van der Waals surface area contributed by atoms with Crippen LogP contribution in [0, 0.1) is 5.41 Å². The van der Waals surface area contributed by atoms with E-state index in [9.17, 15) is 0 Å². The molecule has 1 heterocycles. The summed E-state index contributed by atoms with van der Waals surface area (Å²) < 4.78 is 11.6. The molecule has 0 aromatic rings. The van der Waals surface area contributed by atoms with Gasteiger partial charge in [-0.05, 0) is 26.2 Å². The summed E-state index contributed by atoms with van der Waals surface area (Å²) in [6, 6.07) is 0.551. The van der Waals surface area contributed by atoms with Crippen molar-refractivity contribution in [2.24, 2.45) is 11.1 Å². The van der Waals surface area contributed by atoms with Crippen molar-refractivity contribution in [3.05, 3.63) is 0 Å². The van der Waals surface area contributed by atoms with Crippen molar-refractivity contribution in [1.29, 1.82) is 0 Å². The van der Waals surface area contributed by atoms with E-state index in [0.29, 0.717) is 24.8 Å². The van der Waals surface area contributed by atoms with Gasteiger partial charge in [0.25, 0.3) is 0 Å². The first-order valence-electron chi connectivity index (χ1n) is 7.28. The maximum Gasteiger partial charge on any atom is 0.0704 e. The van der Waals surface area contributed by atoms with Gasteiger partial charge in [0.1, 0.15) is 0 Å². The van der Waals surface area contributed by atoms with Gasteiger partial charge in [-0.1, -0.05) is 13.8 Å². The van der Waals surface area contributed by atoms with E-state index in [1.165, 1.54) is 0 Å². The number of nitrogens with two attached hydrogens (primary N) is 1. The number of rotatable bonds is 6. The van der Waals surface area contributed by atoms with Crippen molar-refractivity contribution in [2.45, 2.75) is 64.4 Å². The molecule has 4 nitrogen and oxygen atoms in total. The van der Waals surface area contributed by atoms with Gasteiger partial charge < -0.3 is 20.5 Å². The summed E-state index contributed by atoms with van der Waals surface area (Å²) in [5, 5.41) is 3.64. The lowest BCUT2D eigenvalue weighted by Crippen LogP contribution is -2.61. The number of nitrogens with one attached hydrogen (secondary N) is 1. The highest BCUT2D eigenvalue weighted by Gasteiger charge is 2.48. The second kappa shape index (κ2) is 5.87. The fraction of sp³-hybridized carbons (Fsp3) is 1.00. The minimum Gasteiger partial charge on any atom is -0.378 e. The third-order valence-electron chi connectivity index (χ3n) is 4.60. The molecule has 0 bridgehead atoms. The molecule has 0 aromatic carbocycles. The molecule has 4 unspecified atom stereocenters. The van der Waals surface area contributed by atoms with E-state index < -0.39 is 0 Å². The number of hydrogen-bond donors (Lipinski definition) is 2. The fourth-order valence-electron chi connectivity index (χ4n) is 3.09. The van der Waals surface area contributed by atoms with Crippen LogP contribution >= 0.6 is 0 Å². The third kappa shape index (κ3) is 2.87. The molecule has 18 heavy (non-hydrogen) atoms.